The second-order valence-electron chi connectivity index (χ2n) is 9.22. The highest BCUT2D eigenvalue weighted by atomic mass is 16.5. The molecule has 1 aliphatic heterocycles. The van der Waals surface area contributed by atoms with Gasteiger partial charge in [0.15, 0.2) is 5.76 Å². The summed E-state index contributed by atoms with van der Waals surface area (Å²) >= 11 is 0. The number of aliphatic hydroxyl groups is 1. The number of aryl methyl sites for hydroxylation is 1. The molecule has 1 aliphatic rings. The SMILES string of the molecule is Cc1nnc(-c2cc3c(OCC(O)CN4CCC(n5c(=O)[nH]c6ccccc65)CC4)cccc3o2)o1. The first kappa shape index (κ1) is 22.6. The van der Waals surface area contributed by atoms with Crippen LogP contribution in [-0.4, -0.2) is 62.1 Å². The van der Waals surface area contributed by atoms with Gasteiger partial charge < -0.3 is 28.6 Å². The fraction of sp³-hybridized carbons (Fsp3) is 0.346. The van der Waals surface area contributed by atoms with Gasteiger partial charge in [-0.1, -0.05) is 18.2 Å². The zero-order chi connectivity index (χ0) is 24.6. The van der Waals surface area contributed by atoms with Gasteiger partial charge in [0, 0.05) is 38.7 Å². The van der Waals surface area contributed by atoms with Crippen LogP contribution in [0.4, 0.5) is 0 Å². The lowest BCUT2D eigenvalue weighted by atomic mass is 10.0. The quantitative estimate of drug-likeness (QED) is 0.356. The van der Waals surface area contributed by atoms with Gasteiger partial charge in [0.2, 0.25) is 5.89 Å². The van der Waals surface area contributed by atoms with Gasteiger partial charge in [0.1, 0.15) is 24.0 Å². The first-order chi connectivity index (χ1) is 17.5. The fourth-order valence-corrected chi connectivity index (χ4v) is 5.00. The first-order valence-electron chi connectivity index (χ1n) is 12.1. The van der Waals surface area contributed by atoms with E-state index in [0.29, 0.717) is 35.4 Å². The molecule has 0 saturated carbocycles. The molecule has 10 heteroatoms. The van der Waals surface area contributed by atoms with Crippen molar-refractivity contribution < 1.29 is 18.7 Å². The number of rotatable bonds is 7. The van der Waals surface area contributed by atoms with Crippen LogP contribution in [0.25, 0.3) is 33.7 Å². The van der Waals surface area contributed by atoms with Gasteiger partial charge in [-0.15, -0.1) is 10.2 Å². The molecule has 0 amide bonds. The number of aromatic amines is 1. The minimum atomic E-state index is -0.655. The van der Waals surface area contributed by atoms with E-state index in [-0.39, 0.29) is 18.3 Å². The number of hydrogen-bond donors (Lipinski definition) is 2. The zero-order valence-electron chi connectivity index (χ0n) is 19.9. The van der Waals surface area contributed by atoms with Crippen molar-refractivity contribution in [3.63, 3.8) is 0 Å². The maximum Gasteiger partial charge on any atom is 0.326 e. The average molecular weight is 490 g/mol. The Morgan fingerprint density at radius 2 is 1.97 bits per heavy atom. The molecule has 186 valence electrons. The van der Waals surface area contributed by atoms with Crippen molar-refractivity contribution in [3.8, 4) is 17.4 Å². The van der Waals surface area contributed by atoms with Crippen molar-refractivity contribution in [1.82, 2.24) is 24.6 Å². The summed E-state index contributed by atoms with van der Waals surface area (Å²) in [7, 11) is 0. The highest BCUT2D eigenvalue weighted by Gasteiger charge is 2.25. The topological polar surface area (TPSA) is 123 Å². The number of nitrogens with zero attached hydrogens (tertiary/aromatic N) is 4. The molecule has 36 heavy (non-hydrogen) atoms. The minimum Gasteiger partial charge on any atom is -0.490 e. The van der Waals surface area contributed by atoms with Crippen LogP contribution in [0.5, 0.6) is 5.75 Å². The lowest BCUT2D eigenvalue weighted by Crippen LogP contribution is -2.42. The number of nitrogens with one attached hydrogen (secondary N) is 1. The summed E-state index contributed by atoms with van der Waals surface area (Å²) in [5, 5.41) is 19.3. The van der Waals surface area contributed by atoms with Gasteiger partial charge in [0.25, 0.3) is 5.89 Å². The van der Waals surface area contributed by atoms with E-state index in [1.165, 1.54) is 0 Å². The van der Waals surface area contributed by atoms with Crippen molar-refractivity contribution in [2.24, 2.45) is 0 Å². The van der Waals surface area contributed by atoms with Crippen LogP contribution in [0.2, 0.25) is 0 Å². The van der Waals surface area contributed by atoms with E-state index in [1.807, 2.05) is 47.0 Å². The summed E-state index contributed by atoms with van der Waals surface area (Å²) in [6.07, 6.45) is 1.04. The minimum absolute atomic E-state index is 0.0612. The van der Waals surface area contributed by atoms with Gasteiger partial charge >= 0.3 is 5.69 Å². The van der Waals surface area contributed by atoms with Crippen molar-refractivity contribution in [2.75, 3.05) is 26.2 Å². The number of imidazole rings is 1. The number of likely N-dealkylation sites (tertiary alicyclic amines) is 1. The molecule has 4 heterocycles. The zero-order valence-corrected chi connectivity index (χ0v) is 19.9. The van der Waals surface area contributed by atoms with Crippen LogP contribution in [0.3, 0.4) is 0 Å². The first-order valence-corrected chi connectivity index (χ1v) is 12.1. The molecule has 3 aromatic heterocycles. The number of ether oxygens (including phenoxy) is 1. The Balaban J connectivity index is 1.06. The van der Waals surface area contributed by atoms with E-state index in [0.717, 1.165) is 42.4 Å². The predicted molar refractivity (Wildman–Crippen MR) is 133 cm³/mol. The van der Waals surface area contributed by atoms with Crippen molar-refractivity contribution in [3.05, 3.63) is 64.9 Å². The third kappa shape index (κ3) is 4.29. The molecule has 6 rings (SSSR count). The molecule has 1 unspecified atom stereocenters. The number of aliphatic hydroxyl groups excluding tert-OH is 1. The molecule has 10 nitrogen and oxygen atoms in total. The Kier molecular flexibility index (Phi) is 5.82. The molecule has 0 bridgehead atoms. The molecule has 2 aromatic carbocycles. The van der Waals surface area contributed by atoms with Gasteiger partial charge in [-0.05, 0) is 37.1 Å². The van der Waals surface area contributed by atoms with Crippen LogP contribution in [0, 0.1) is 6.92 Å². The molecule has 0 spiro atoms. The van der Waals surface area contributed by atoms with Crippen LogP contribution in [0.1, 0.15) is 24.8 Å². The van der Waals surface area contributed by atoms with E-state index in [9.17, 15) is 9.90 Å². The Hall–Kier alpha value is -3.89. The number of furan rings is 1. The van der Waals surface area contributed by atoms with E-state index in [1.54, 1.807) is 13.0 Å². The normalized spacial score (nSPS) is 16.2. The third-order valence-electron chi connectivity index (χ3n) is 6.70. The third-order valence-corrected chi connectivity index (χ3v) is 6.70. The predicted octanol–water partition coefficient (Wildman–Crippen LogP) is 3.51. The number of H-pyrrole nitrogens is 1. The van der Waals surface area contributed by atoms with Crippen LogP contribution >= 0.6 is 0 Å². The van der Waals surface area contributed by atoms with Crippen LogP contribution < -0.4 is 10.4 Å². The standard InChI is InChI=1S/C26H27N5O5/c1-16-28-29-25(35-16)24-13-19-22(7-4-8-23(19)36-24)34-15-18(32)14-30-11-9-17(10-12-30)31-21-6-3-2-5-20(21)27-26(31)33/h2-8,13,17-18,32H,9-12,14-15H2,1H3,(H,27,33). The number of fused-ring (bicyclic) bond motifs is 2. The monoisotopic (exact) mass is 489 g/mol. The van der Waals surface area contributed by atoms with E-state index in [4.69, 9.17) is 13.6 Å². The number of benzene rings is 2. The highest BCUT2D eigenvalue weighted by molar-refractivity contribution is 5.87. The molecule has 0 radical (unpaired) electrons. The van der Waals surface area contributed by atoms with E-state index < -0.39 is 6.10 Å². The summed E-state index contributed by atoms with van der Waals surface area (Å²) in [5.74, 6) is 1.87. The molecule has 0 aliphatic carbocycles. The lowest BCUT2D eigenvalue weighted by Gasteiger charge is -2.33. The number of aromatic nitrogens is 4. The van der Waals surface area contributed by atoms with Crippen LogP contribution in [-0.2, 0) is 0 Å². The Morgan fingerprint density at radius 3 is 2.78 bits per heavy atom. The summed E-state index contributed by atoms with van der Waals surface area (Å²) in [6.45, 7) is 3.99. The van der Waals surface area contributed by atoms with E-state index in [2.05, 4.69) is 20.1 Å². The average Bonchev–Trinajstić information content (AvgIpc) is 3.59. The largest absolute Gasteiger partial charge is 0.490 e. The number of β-amino-alcohol motifs (C(OH)–C–C–N with tert-alkyl or cyclic N) is 1. The molecule has 2 N–H and O–H groups in total. The Bertz CT molecular complexity index is 1560. The number of para-hydroxylation sites is 2. The second-order valence-corrected chi connectivity index (χ2v) is 9.22. The van der Waals surface area contributed by atoms with E-state index >= 15 is 0 Å². The maximum atomic E-state index is 12.5. The van der Waals surface area contributed by atoms with Crippen molar-refractivity contribution in [2.45, 2.75) is 31.9 Å². The van der Waals surface area contributed by atoms with Crippen LogP contribution in [0.15, 0.2) is 62.2 Å². The number of hydrogen-bond acceptors (Lipinski definition) is 8. The molecule has 1 saturated heterocycles. The Labute approximate surface area is 206 Å². The van der Waals surface area contributed by atoms with Crippen molar-refractivity contribution >= 4 is 22.0 Å². The van der Waals surface area contributed by atoms with Gasteiger partial charge in [0.05, 0.1) is 16.4 Å². The van der Waals surface area contributed by atoms with Gasteiger partial charge in [-0.2, -0.15) is 0 Å². The number of piperidine rings is 1. The summed E-state index contributed by atoms with van der Waals surface area (Å²) in [6, 6.07) is 15.3. The molecular weight excluding hydrogens is 462 g/mol. The Morgan fingerprint density at radius 1 is 1.14 bits per heavy atom. The highest BCUT2D eigenvalue weighted by Crippen LogP contribution is 2.33. The fourth-order valence-electron chi connectivity index (χ4n) is 5.00. The van der Waals surface area contributed by atoms with Gasteiger partial charge in [-0.25, -0.2) is 4.79 Å². The maximum absolute atomic E-state index is 12.5. The summed E-state index contributed by atoms with van der Waals surface area (Å²) in [5.41, 5.74) is 2.39. The molecule has 1 fully saturated rings. The lowest BCUT2D eigenvalue weighted by molar-refractivity contribution is 0.0563. The summed E-state index contributed by atoms with van der Waals surface area (Å²) in [4.78, 5) is 17.7. The molecule has 1 atom stereocenters. The molecular formula is C26H27N5O5. The second kappa shape index (κ2) is 9.29. The van der Waals surface area contributed by atoms with Crippen molar-refractivity contribution in [1.29, 1.82) is 0 Å². The smallest absolute Gasteiger partial charge is 0.326 e. The summed E-state index contributed by atoms with van der Waals surface area (Å²) < 4.78 is 19.1. The van der Waals surface area contributed by atoms with Gasteiger partial charge in [-0.3, -0.25) is 4.57 Å². The molecule has 5 aromatic rings.